The maximum absolute atomic E-state index is 2.61. The summed E-state index contributed by atoms with van der Waals surface area (Å²) in [4.78, 5) is 5.16. The molecule has 0 amide bonds. The molecule has 2 nitrogen and oxygen atoms in total. The van der Waals surface area contributed by atoms with Crippen molar-refractivity contribution in [1.29, 1.82) is 0 Å². The number of piperazine rings is 1. The summed E-state index contributed by atoms with van der Waals surface area (Å²) in [7, 11) is 2.28. The molecule has 0 aliphatic carbocycles. The van der Waals surface area contributed by atoms with Crippen LogP contribution in [-0.4, -0.2) is 42.5 Å². The van der Waals surface area contributed by atoms with Gasteiger partial charge in [-0.3, -0.25) is 9.80 Å². The van der Waals surface area contributed by atoms with Gasteiger partial charge in [-0.2, -0.15) is 0 Å². The largest absolute Gasteiger partial charge is 0.300 e. The lowest BCUT2D eigenvalue weighted by molar-refractivity contribution is 0.0816. The number of hydrogen-bond acceptors (Lipinski definition) is 2. The standard InChI is InChI=1S/C25H28N2/c1-26-17-18-27(19-21-11-5-2-6-12-21)20-24(26)25(22-13-7-3-8-14-22)23-15-9-4-10-16-23/h2-16,24-25H,17-20H2,1H3. The number of rotatable bonds is 5. The van der Waals surface area contributed by atoms with Crippen molar-refractivity contribution in [2.75, 3.05) is 26.7 Å². The first-order valence-electron chi connectivity index (χ1n) is 9.87. The fraction of sp³-hybridized carbons (Fsp3) is 0.280. The summed E-state index contributed by atoms with van der Waals surface area (Å²) in [6, 6.07) is 33.3. The van der Waals surface area contributed by atoms with Crippen molar-refractivity contribution in [2.45, 2.75) is 18.5 Å². The van der Waals surface area contributed by atoms with Gasteiger partial charge in [0.2, 0.25) is 0 Å². The van der Waals surface area contributed by atoms with Crippen LogP contribution in [0.2, 0.25) is 0 Å². The average molecular weight is 357 g/mol. The molecule has 0 N–H and O–H groups in total. The molecular formula is C25H28N2. The summed E-state index contributed by atoms with van der Waals surface area (Å²) in [5.41, 5.74) is 4.21. The Morgan fingerprint density at radius 1 is 0.741 bits per heavy atom. The van der Waals surface area contributed by atoms with Crippen molar-refractivity contribution in [2.24, 2.45) is 0 Å². The van der Waals surface area contributed by atoms with E-state index in [1.54, 1.807) is 0 Å². The second-order valence-corrected chi connectivity index (χ2v) is 7.57. The first-order valence-corrected chi connectivity index (χ1v) is 9.87. The quantitative estimate of drug-likeness (QED) is 0.657. The summed E-state index contributed by atoms with van der Waals surface area (Å²) in [5, 5.41) is 0. The van der Waals surface area contributed by atoms with E-state index in [2.05, 4.69) is 108 Å². The third-order valence-corrected chi connectivity index (χ3v) is 5.73. The van der Waals surface area contributed by atoms with E-state index in [-0.39, 0.29) is 0 Å². The van der Waals surface area contributed by atoms with Gasteiger partial charge in [-0.05, 0) is 23.7 Å². The topological polar surface area (TPSA) is 6.48 Å². The normalized spacial score (nSPS) is 18.7. The van der Waals surface area contributed by atoms with Crippen LogP contribution in [-0.2, 0) is 6.54 Å². The molecule has 4 rings (SSSR count). The van der Waals surface area contributed by atoms with Gasteiger partial charge in [0.1, 0.15) is 0 Å². The lowest BCUT2D eigenvalue weighted by Gasteiger charge is -2.43. The molecule has 3 aromatic carbocycles. The molecule has 138 valence electrons. The zero-order valence-electron chi connectivity index (χ0n) is 16.0. The summed E-state index contributed by atoms with van der Waals surface area (Å²) in [6.07, 6.45) is 0. The van der Waals surface area contributed by atoms with Crippen molar-refractivity contribution < 1.29 is 0 Å². The van der Waals surface area contributed by atoms with E-state index < -0.39 is 0 Å². The second-order valence-electron chi connectivity index (χ2n) is 7.57. The van der Waals surface area contributed by atoms with Crippen LogP contribution in [0.25, 0.3) is 0 Å². The molecule has 1 aliphatic heterocycles. The molecule has 1 unspecified atom stereocenters. The maximum atomic E-state index is 2.61. The molecule has 27 heavy (non-hydrogen) atoms. The summed E-state index contributed by atoms with van der Waals surface area (Å²) >= 11 is 0. The van der Waals surface area contributed by atoms with Crippen LogP contribution < -0.4 is 0 Å². The van der Waals surface area contributed by atoms with Crippen molar-refractivity contribution in [3.8, 4) is 0 Å². The summed E-state index contributed by atoms with van der Waals surface area (Å²) < 4.78 is 0. The predicted molar refractivity (Wildman–Crippen MR) is 113 cm³/mol. The third-order valence-electron chi connectivity index (χ3n) is 5.73. The lowest BCUT2D eigenvalue weighted by atomic mass is 9.83. The van der Waals surface area contributed by atoms with Crippen molar-refractivity contribution in [1.82, 2.24) is 9.80 Å². The molecular weight excluding hydrogens is 328 g/mol. The molecule has 0 aromatic heterocycles. The molecule has 0 saturated carbocycles. The minimum absolute atomic E-state index is 0.385. The average Bonchev–Trinajstić information content (AvgIpc) is 2.73. The molecule has 1 saturated heterocycles. The van der Waals surface area contributed by atoms with Crippen LogP contribution in [0.1, 0.15) is 22.6 Å². The fourth-order valence-corrected chi connectivity index (χ4v) is 4.26. The van der Waals surface area contributed by atoms with Crippen LogP contribution in [0.15, 0.2) is 91.0 Å². The number of hydrogen-bond donors (Lipinski definition) is 0. The first-order chi connectivity index (χ1) is 13.3. The first kappa shape index (κ1) is 18.0. The smallest absolute Gasteiger partial charge is 0.0330 e. The minimum atomic E-state index is 0.385. The highest BCUT2D eigenvalue weighted by molar-refractivity contribution is 5.34. The SMILES string of the molecule is CN1CCN(Cc2ccccc2)CC1C(c1ccccc1)c1ccccc1. The zero-order chi connectivity index (χ0) is 18.5. The van der Waals surface area contributed by atoms with Crippen LogP contribution in [0.5, 0.6) is 0 Å². The van der Waals surface area contributed by atoms with E-state index in [1.165, 1.54) is 16.7 Å². The highest BCUT2D eigenvalue weighted by Crippen LogP contribution is 2.32. The molecule has 2 heteroatoms. The van der Waals surface area contributed by atoms with E-state index >= 15 is 0 Å². The highest BCUT2D eigenvalue weighted by atomic mass is 15.3. The Morgan fingerprint density at radius 2 is 1.26 bits per heavy atom. The minimum Gasteiger partial charge on any atom is -0.300 e. The van der Waals surface area contributed by atoms with Gasteiger partial charge in [0, 0.05) is 38.1 Å². The zero-order valence-corrected chi connectivity index (χ0v) is 16.0. The van der Waals surface area contributed by atoms with Gasteiger partial charge in [0.25, 0.3) is 0 Å². The van der Waals surface area contributed by atoms with Gasteiger partial charge in [0.15, 0.2) is 0 Å². The molecule has 1 aliphatic rings. The monoisotopic (exact) mass is 356 g/mol. The van der Waals surface area contributed by atoms with E-state index in [0.29, 0.717) is 12.0 Å². The van der Waals surface area contributed by atoms with Crippen molar-refractivity contribution >= 4 is 0 Å². The van der Waals surface area contributed by atoms with Crippen LogP contribution in [0.3, 0.4) is 0 Å². The van der Waals surface area contributed by atoms with Gasteiger partial charge in [-0.1, -0.05) is 91.0 Å². The van der Waals surface area contributed by atoms with E-state index in [4.69, 9.17) is 0 Å². The maximum Gasteiger partial charge on any atom is 0.0330 e. The molecule has 0 spiro atoms. The van der Waals surface area contributed by atoms with Gasteiger partial charge in [-0.15, -0.1) is 0 Å². The second kappa shape index (κ2) is 8.51. The Hall–Kier alpha value is -2.42. The lowest BCUT2D eigenvalue weighted by Crippen LogP contribution is -2.53. The molecule has 1 heterocycles. The molecule has 3 aromatic rings. The molecule has 1 atom stereocenters. The van der Waals surface area contributed by atoms with Crippen molar-refractivity contribution in [3.63, 3.8) is 0 Å². The summed E-state index contributed by atoms with van der Waals surface area (Å²) in [6.45, 7) is 4.34. The molecule has 0 bridgehead atoms. The van der Waals surface area contributed by atoms with Gasteiger partial charge in [0.05, 0.1) is 0 Å². The number of benzene rings is 3. The van der Waals surface area contributed by atoms with Gasteiger partial charge < -0.3 is 0 Å². The molecule has 1 fully saturated rings. The van der Waals surface area contributed by atoms with Crippen LogP contribution in [0, 0.1) is 0 Å². The Morgan fingerprint density at radius 3 is 1.81 bits per heavy atom. The van der Waals surface area contributed by atoms with Crippen LogP contribution >= 0.6 is 0 Å². The van der Waals surface area contributed by atoms with Crippen LogP contribution in [0.4, 0.5) is 0 Å². The Balaban J connectivity index is 1.62. The predicted octanol–water partition coefficient (Wildman–Crippen LogP) is 4.63. The van der Waals surface area contributed by atoms with Gasteiger partial charge >= 0.3 is 0 Å². The Bertz CT molecular complexity index is 777. The van der Waals surface area contributed by atoms with Crippen molar-refractivity contribution in [3.05, 3.63) is 108 Å². The van der Waals surface area contributed by atoms with E-state index in [9.17, 15) is 0 Å². The number of nitrogens with zero attached hydrogens (tertiary/aromatic N) is 2. The fourth-order valence-electron chi connectivity index (χ4n) is 4.26. The van der Waals surface area contributed by atoms with E-state index in [1.807, 2.05) is 0 Å². The Labute approximate surface area is 163 Å². The van der Waals surface area contributed by atoms with Gasteiger partial charge in [-0.25, -0.2) is 0 Å². The highest BCUT2D eigenvalue weighted by Gasteiger charge is 2.32. The third kappa shape index (κ3) is 4.29. The summed E-state index contributed by atoms with van der Waals surface area (Å²) in [5.74, 6) is 0.385. The molecule has 0 radical (unpaired) electrons. The number of likely N-dealkylation sites (N-methyl/N-ethyl adjacent to an activating group) is 1. The Kier molecular flexibility index (Phi) is 5.66. The van der Waals surface area contributed by atoms with E-state index in [0.717, 1.165) is 26.2 Å².